The van der Waals surface area contributed by atoms with Crippen molar-refractivity contribution in [2.24, 2.45) is 5.92 Å². The second-order valence-corrected chi connectivity index (χ2v) is 3.66. The van der Waals surface area contributed by atoms with Gasteiger partial charge in [-0.1, -0.05) is 0 Å². The van der Waals surface area contributed by atoms with Gasteiger partial charge in [-0.15, -0.1) is 0 Å². The maximum absolute atomic E-state index is 11.7. The molecule has 0 radical (unpaired) electrons. The van der Waals surface area contributed by atoms with Gasteiger partial charge in [-0.25, -0.2) is 0 Å². The minimum Gasteiger partial charge on any atom is -0.394 e. The van der Waals surface area contributed by atoms with Gasteiger partial charge in [0.2, 0.25) is 5.91 Å². The molecule has 2 rings (SSSR count). The van der Waals surface area contributed by atoms with Crippen molar-refractivity contribution >= 4 is 17.4 Å². The SMILES string of the molecule is Cc1[nH]nc(NC(=O)C2CCOC2)c1N. The monoisotopic (exact) mass is 210 g/mol. The van der Waals surface area contributed by atoms with Crippen molar-refractivity contribution in [3.63, 3.8) is 0 Å². The molecule has 0 saturated carbocycles. The smallest absolute Gasteiger partial charge is 0.231 e. The van der Waals surface area contributed by atoms with Crippen molar-refractivity contribution in [3.8, 4) is 0 Å². The molecule has 1 amide bonds. The van der Waals surface area contributed by atoms with Gasteiger partial charge in [0.15, 0.2) is 5.82 Å². The zero-order chi connectivity index (χ0) is 10.8. The first-order valence-electron chi connectivity index (χ1n) is 4.87. The molecule has 0 spiro atoms. The number of hydrogen-bond donors (Lipinski definition) is 3. The Labute approximate surface area is 87.2 Å². The van der Waals surface area contributed by atoms with E-state index in [9.17, 15) is 4.79 Å². The number of carbonyl (C=O) groups is 1. The third-order valence-electron chi connectivity index (χ3n) is 2.54. The second kappa shape index (κ2) is 3.90. The normalized spacial score (nSPS) is 20.5. The molecule has 1 unspecified atom stereocenters. The van der Waals surface area contributed by atoms with Gasteiger partial charge in [0.1, 0.15) is 0 Å². The first-order chi connectivity index (χ1) is 7.18. The van der Waals surface area contributed by atoms with Gasteiger partial charge in [-0.3, -0.25) is 9.89 Å². The summed E-state index contributed by atoms with van der Waals surface area (Å²) in [5.74, 6) is 0.247. The van der Waals surface area contributed by atoms with Gasteiger partial charge in [0.05, 0.1) is 23.9 Å². The highest BCUT2D eigenvalue weighted by molar-refractivity contribution is 5.94. The van der Waals surface area contributed by atoms with Crippen molar-refractivity contribution in [1.82, 2.24) is 10.2 Å². The molecule has 1 saturated heterocycles. The third kappa shape index (κ3) is 1.94. The zero-order valence-corrected chi connectivity index (χ0v) is 8.54. The number of aryl methyl sites for hydroxylation is 1. The molecule has 1 aromatic rings. The number of amides is 1. The number of carbonyl (C=O) groups excluding carboxylic acids is 1. The fraction of sp³-hybridized carbons (Fsp3) is 0.556. The molecule has 0 aromatic carbocycles. The summed E-state index contributed by atoms with van der Waals surface area (Å²) in [5, 5.41) is 9.30. The molecule has 6 heteroatoms. The molecule has 1 atom stereocenters. The van der Waals surface area contributed by atoms with E-state index in [1.165, 1.54) is 0 Å². The minimum atomic E-state index is -0.0820. The maximum Gasteiger partial charge on any atom is 0.231 e. The first-order valence-corrected chi connectivity index (χ1v) is 4.87. The standard InChI is InChI=1S/C9H14N4O2/c1-5-7(10)8(13-12-5)11-9(14)6-2-3-15-4-6/h6H,2-4,10H2,1H3,(H2,11,12,13,14). The lowest BCUT2D eigenvalue weighted by Crippen LogP contribution is -2.23. The van der Waals surface area contributed by atoms with E-state index in [0.717, 1.165) is 12.1 Å². The number of aromatic nitrogens is 2. The lowest BCUT2D eigenvalue weighted by Gasteiger charge is -2.07. The molecule has 2 heterocycles. The quantitative estimate of drug-likeness (QED) is 0.653. The lowest BCUT2D eigenvalue weighted by atomic mass is 10.1. The molecule has 15 heavy (non-hydrogen) atoms. The van der Waals surface area contributed by atoms with Gasteiger partial charge in [-0.2, -0.15) is 5.10 Å². The number of nitrogens with one attached hydrogen (secondary N) is 2. The Morgan fingerprint density at radius 3 is 3.07 bits per heavy atom. The number of nitrogen functional groups attached to an aromatic ring is 1. The van der Waals surface area contributed by atoms with E-state index in [-0.39, 0.29) is 11.8 Å². The molecular weight excluding hydrogens is 196 g/mol. The summed E-state index contributed by atoms with van der Waals surface area (Å²) in [7, 11) is 0. The van der Waals surface area contributed by atoms with E-state index in [2.05, 4.69) is 15.5 Å². The average molecular weight is 210 g/mol. The Balaban J connectivity index is 2.02. The van der Waals surface area contributed by atoms with Crippen molar-refractivity contribution in [2.45, 2.75) is 13.3 Å². The number of ether oxygens (including phenoxy) is 1. The van der Waals surface area contributed by atoms with Crippen molar-refractivity contribution in [1.29, 1.82) is 0 Å². The topological polar surface area (TPSA) is 93.0 Å². The van der Waals surface area contributed by atoms with E-state index in [4.69, 9.17) is 10.5 Å². The van der Waals surface area contributed by atoms with Crippen LogP contribution in [0, 0.1) is 12.8 Å². The number of nitrogens with two attached hydrogens (primary N) is 1. The summed E-state index contributed by atoms with van der Waals surface area (Å²) in [4.78, 5) is 11.7. The van der Waals surface area contributed by atoms with Gasteiger partial charge in [-0.05, 0) is 13.3 Å². The number of anilines is 2. The molecule has 1 fully saturated rings. The van der Waals surface area contributed by atoms with Crippen molar-refractivity contribution in [3.05, 3.63) is 5.69 Å². The minimum absolute atomic E-state index is 0.0781. The highest BCUT2D eigenvalue weighted by atomic mass is 16.5. The molecule has 0 aliphatic carbocycles. The van der Waals surface area contributed by atoms with E-state index >= 15 is 0 Å². The van der Waals surface area contributed by atoms with Crippen LogP contribution in [-0.2, 0) is 9.53 Å². The Morgan fingerprint density at radius 2 is 2.53 bits per heavy atom. The number of rotatable bonds is 2. The highest BCUT2D eigenvalue weighted by Crippen LogP contribution is 2.20. The highest BCUT2D eigenvalue weighted by Gasteiger charge is 2.24. The van der Waals surface area contributed by atoms with Crippen molar-refractivity contribution < 1.29 is 9.53 Å². The van der Waals surface area contributed by atoms with Crippen LogP contribution in [-0.4, -0.2) is 29.3 Å². The molecule has 1 aromatic heterocycles. The van der Waals surface area contributed by atoms with Crippen LogP contribution in [0.3, 0.4) is 0 Å². The molecule has 0 bridgehead atoms. The molecular formula is C9H14N4O2. The largest absolute Gasteiger partial charge is 0.394 e. The van der Waals surface area contributed by atoms with E-state index < -0.39 is 0 Å². The summed E-state index contributed by atoms with van der Waals surface area (Å²) >= 11 is 0. The van der Waals surface area contributed by atoms with Crippen LogP contribution >= 0.6 is 0 Å². The van der Waals surface area contributed by atoms with Crippen LogP contribution in [0.1, 0.15) is 12.1 Å². The van der Waals surface area contributed by atoms with Crippen LogP contribution in [0.4, 0.5) is 11.5 Å². The number of H-pyrrole nitrogens is 1. The molecule has 4 N–H and O–H groups in total. The van der Waals surface area contributed by atoms with E-state index in [0.29, 0.717) is 24.7 Å². The Kier molecular flexibility index (Phi) is 2.59. The number of aromatic amines is 1. The van der Waals surface area contributed by atoms with Crippen LogP contribution in [0.25, 0.3) is 0 Å². The predicted molar refractivity (Wildman–Crippen MR) is 55.3 cm³/mol. The molecule has 1 aliphatic heterocycles. The summed E-state index contributed by atoms with van der Waals surface area (Å²) in [6, 6.07) is 0. The van der Waals surface area contributed by atoms with Crippen LogP contribution < -0.4 is 11.1 Å². The van der Waals surface area contributed by atoms with Crippen LogP contribution in [0.5, 0.6) is 0 Å². The predicted octanol–water partition coefficient (Wildman–Crippen LogP) is 0.275. The fourth-order valence-electron chi connectivity index (χ4n) is 1.49. The maximum atomic E-state index is 11.7. The Hall–Kier alpha value is -1.56. The molecule has 1 aliphatic rings. The van der Waals surface area contributed by atoms with E-state index in [1.54, 1.807) is 6.92 Å². The summed E-state index contributed by atoms with van der Waals surface area (Å²) in [5.41, 5.74) is 6.96. The van der Waals surface area contributed by atoms with Gasteiger partial charge >= 0.3 is 0 Å². The summed E-state index contributed by atoms with van der Waals surface area (Å²) < 4.78 is 5.13. The summed E-state index contributed by atoms with van der Waals surface area (Å²) in [6.07, 6.45) is 0.759. The zero-order valence-electron chi connectivity index (χ0n) is 8.54. The summed E-state index contributed by atoms with van der Waals surface area (Å²) in [6.45, 7) is 2.93. The Bertz CT molecular complexity index is 368. The first kappa shape index (κ1) is 9.97. The number of hydrogen-bond acceptors (Lipinski definition) is 4. The van der Waals surface area contributed by atoms with Gasteiger partial charge < -0.3 is 15.8 Å². The Morgan fingerprint density at radius 1 is 1.73 bits per heavy atom. The van der Waals surface area contributed by atoms with Crippen LogP contribution in [0.15, 0.2) is 0 Å². The third-order valence-corrected chi connectivity index (χ3v) is 2.54. The average Bonchev–Trinajstić information content (AvgIpc) is 2.83. The van der Waals surface area contributed by atoms with Gasteiger partial charge in [0.25, 0.3) is 0 Å². The molecule has 6 nitrogen and oxygen atoms in total. The lowest BCUT2D eigenvalue weighted by molar-refractivity contribution is -0.119. The number of nitrogens with zero attached hydrogens (tertiary/aromatic N) is 1. The van der Waals surface area contributed by atoms with Gasteiger partial charge in [0, 0.05) is 6.61 Å². The van der Waals surface area contributed by atoms with Crippen molar-refractivity contribution in [2.75, 3.05) is 24.3 Å². The molecule has 82 valence electrons. The van der Waals surface area contributed by atoms with Crippen LogP contribution in [0.2, 0.25) is 0 Å². The second-order valence-electron chi connectivity index (χ2n) is 3.66. The van der Waals surface area contributed by atoms with E-state index in [1.807, 2.05) is 0 Å². The fourth-order valence-corrected chi connectivity index (χ4v) is 1.49.